The second-order valence-electron chi connectivity index (χ2n) is 15.6. The van der Waals surface area contributed by atoms with Crippen molar-refractivity contribution >= 4 is 0 Å². The summed E-state index contributed by atoms with van der Waals surface area (Å²) in [6.07, 6.45) is 60.7. The molecule has 346 valence electrons. The van der Waals surface area contributed by atoms with Crippen LogP contribution in [0.2, 0.25) is 0 Å². The van der Waals surface area contributed by atoms with Crippen LogP contribution < -0.4 is 0 Å². The Morgan fingerprint density at radius 3 is 1.94 bits per heavy atom. The van der Waals surface area contributed by atoms with E-state index in [1.807, 2.05) is 119 Å². The quantitative estimate of drug-likeness (QED) is 0.0796. The molecule has 66 heavy (non-hydrogen) atoms. The van der Waals surface area contributed by atoms with Crippen LogP contribution in [0.1, 0.15) is 82.1 Å². The van der Waals surface area contributed by atoms with Crippen molar-refractivity contribution in [1.82, 2.24) is 9.80 Å². The summed E-state index contributed by atoms with van der Waals surface area (Å²) in [7, 11) is 0. The number of ether oxygens (including phenoxy) is 1. The lowest BCUT2D eigenvalue weighted by Gasteiger charge is -2.29. The first-order valence-corrected chi connectivity index (χ1v) is 22.6. The SMILES string of the molecule is C=C/C=C(\C=C/C)C(/C)=C/C=C(\C=C)N(/C(C)=C\C/C=C\C=C/C(=C)O/C(C)=C/C)/C(C)=C/C=C(C=C)/C(C)=C/C=C(C)/C(C=C)=C(/C=C\C)N1C(=C)/C=C\C=C/CC(C)/C=C\C=C/C1=C. The monoisotopic (exact) mass is 879 g/mol. The first-order chi connectivity index (χ1) is 31.6. The van der Waals surface area contributed by atoms with E-state index in [2.05, 4.69) is 182 Å². The van der Waals surface area contributed by atoms with Crippen LogP contribution in [0.25, 0.3) is 0 Å². The van der Waals surface area contributed by atoms with Crippen LogP contribution in [-0.2, 0) is 4.74 Å². The first-order valence-electron chi connectivity index (χ1n) is 22.6. The van der Waals surface area contributed by atoms with E-state index in [9.17, 15) is 0 Å². The smallest absolute Gasteiger partial charge is 0.119 e. The molecule has 1 rings (SSSR count). The number of rotatable bonds is 22. The molecule has 0 aliphatic carbocycles. The molecule has 0 bridgehead atoms. The Bertz CT molecular complexity index is 2340. The van der Waals surface area contributed by atoms with Crippen LogP contribution in [0.15, 0.2) is 301 Å². The van der Waals surface area contributed by atoms with Crippen molar-refractivity contribution in [3.63, 3.8) is 0 Å². The molecule has 0 saturated carbocycles. The Labute approximate surface area is 402 Å². The van der Waals surface area contributed by atoms with Crippen molar-refractivity contribution in [1.29, 1.82) is 0 Å². The summed E-state index contributed by atoms with van der Waals surface area (Å²) >= 11 is 0. The Morgan fingerprint density at radius 2 is 1.33 bits per heavy atom. The molecule has 0 aromatic rings. The molecular formula is C63H78N2O. The first kappa shape index (κ1) is 56.9. The maximum atomic E-state index is 5.64. The van der Waals surface area contributed by atoms with Gasteiger partial charge in [-0.15, -0.1) is 0 Å². The number of hydrogen-bond acceptors (Lipinski definition) is 3. The number of nitrogens with zero attached hydrogens (tertiary/aromatic N) is 2. The van der Waals surface area contributed by atoms with E-state index in [-0.39, 0.29) is 0 Å². The van der Waals surface area contributed by atoms with Crippen LogP contribution in [0.5, 0.6) is 0 Å². The Kier molecular flexibility index (Phi) is 28.1. The molecule has 0 fully saturated rings. The second-order valence-corrected chi connectivity index (χ2v) is 15.6. The predicted molar refractivity (Wildman–Crippen MR) is 295 cm³/mol. The van der Waals surface area contributed by atoms with Gasteiger partial charge in [0.1, 0.15) is 5.76 Å². The highest BCUT2D eigenvalue weighted by Crippen LogP contribution is 2.29. The molecule has 1 aliphatic rings. The molecule has 0 amide bonds. The van der Waals surface area contributed by atoms with Crippen LogP contribution in [0, 0.1) is 5.92 Å². The highest BCUT2D eigenvalue weighted by Gasteiger charge is 2.16. The van der Waals surface area contributed by atoms with Gasteiger partial charge in [0.15, 0.2) is 0 Å². The molecular weight excluding hydrogens is 801 g/mol. The molecule has 0 radical (unpaired) electrons. The summed E-state index contributed by atoms with van der Waals surface area (Å²) in [6.45, 7) is 50.0. The van der Waals surface area contributed by atoms with Gasteiger partial charge in [0, 0.05) is 34.1 Å². The lowest BCUT2D eigenvalue weighted by atomic mass is 10.0. The van der Waals surface area contributed by atoms with Gasteiger partial charge in [-0.05, 0) is 158 Å². The summed E-state index contributed by atoms with van der Waals surface area (Å²) in [5.74, 6) is 1.83. The van der Waals surface area contributed by atoms with Crippen LogP contribution in [0.3, 0.4) is 0 Å². The van der Waals surface area contributed by atoms with Gasteiger partial charge in [-0.2, -0.15) is 0 Å². The molecule has 0 aromatic carbocycles. The average molecular weight is 879 g/mol. The van der Waals surface area contributed by atoms with E-state index < -0.39 is 0 Å². The molecule has 1 unspecified atom stereocenters. The van der Waals surface area contributed by atoms with E-state index in [1.165, 1.54) is 0 Å². The highest BCUT2D eigenvalue weighted by atomic mass is 16.5. The minimum absolute atomic E-state index is 0.431. The zero-order valence-corrected chi connectivity index (χ0v) is 42.0. The average Bonchev–Trinajstić information content (AvgIpc) is 3.30. The fourth-order valence-corrected chi connectivity index (χ4v) is 6.47. The second kappa shape index (κ2) is 32.5. The fourth-order valence-electron chi connectivity index (χ4n) is 6.47. The third-order valence-corrected chi connectivity index (χ3v) is 10.2. The van der Waals surface area contributed by atoms with Crippen molar-refractivity contribution in [2.45, 2.75) is 82.1 Å². The van der Waals surface area contributed by atoms with Gasteiger partial charge in [-0.3, -0.25) is 0 Å². The third-order valence-electron chi connectivity index (χ3n) is 10.2. The molecule has 3 heteroatoms. The Hall–Kier alpha value is -7.10. The maximum absolute atomic E-state index is 5.64. The van der Waals surface area contributed by atoms with Crippen molar-refractivity contribution in [3.8, 4) is 0 Å². The van der Waals surface area contributed by atoms with Gasteiger partial charge in [0.2, 0.25) is 0 Å². The summed E-state index contributed by atoms with van der Waals surface area (Å²) in [6, 6.07) is 0. The summed E-state index contributed by atoms with van der Waals surface area (Å²) < 4.78 is 5.64. The minimum atomic E-state index is 0.431. The van der Waals surface area contributed by atoms with E-state index in [0.717, 1.165) is 79.8 Å². The van der Waals surface area contributed by atoms with Gasteiger partial charge in [-0.1, -0.05) is 181 Å². The molecule has 1 atom stereocenters. The summed E-state index contributed by atoms with van der Waals surface area (Å²) in [5.41, 5.74) is 11.7. The molecule has 0 spiro atoms. The molecule has 0 aromatic heterocycles. The minimum Gasteiger partial charge on any atom is -0.463 e. The van der Waals surface area contributed by atoms with Crippen LogP contribution >= 0.6 is 0 Å². The molecule has 1 aliphatic heterocycles. The summed E-state index contributed by atoms with van der Waals surface area (Å²) in [4.78, 5) is 4.29. The van der Waals surface area contributed by atoms with Crippen molar-refractivity contribution < 1.29 is 4.74 Å². The van der Waals surface area contributed by atoms with Gasteiger partial charge < -0.3 is 14.5 Å². The molecule has 0 saturated heterocycles. The van der Waals surface area contributed by atoms with Gasteiger partial charge in [0.05, 0.1) is 11.5 Å². The van der Waals surface area contributed by atoms with E-state index in [0.29, 0.717) is 18.1 Å². The third kappa shape index (κ3) is 20.6. The highest BCUT2D eigenvalue weighted by molar-refractivity contribution is 5.52. The molecule has 3 nitrogen and oxygen atoms in total. The van der Waals surface area contributed by atoms with Crippen molar-refractivity contribution in [3.05, 3.63) is 301 Å². The van der Waals surface area contributed by atoms with E-state index in [1.54, 1.807) is 0 Å². The lowest BCUT2D eigenvalue weighted by Crippen LogP contribution is -2.20. The Morgan fingerprint density at radius 1 is 0.697 bits per heavy atom. The van der Waals surface area contributed by atoms with E-state index in [4.69, 9.17) is 4.74 Å². The van der Waals surface area contributed by atoms with Crippen LogP contribution in [-0.4, -0.2) is 9.80 Å². The van der Waals surface area contributed by atoms with Crippen molar-refractivity contribution in [2.24, 2.45) is 5.92 Å². The van der Waals surface area contributed by atoms with Crippen LogP contribution in [0.4, 0.5) is 0 Å². The molecule has 1 heterocycles. The standard InChI is InChI=1S/C63H78N2O/c1-18-34-60(35-19-2)51(10)45-48-61(23-6)64(53(12)39-29-25-26-31-42-58(17)66-57(16)21-4)56(15)46-47-59(22-5)50(9)43-44-52(11)62(24-7)63(36-20-3)65-54(13)40-30-27-28-37-49(8)38-32-33-41-55(65)14/h18-28,30-36,38-49H,1,5-7,13-14,17,29,37H2,2-4,8-12,15-16H3/b26-25-,28-27-,35-19-,36-20-,38-32-,40-30-,41-33-,42-31-,50-43+,51-45+,52-44+,53-39-,56-46+,57-21+,59-47+,60-34+,61-48+,63-62-. The zero-order chi connectivity index (χ0) is 49.4. The zero-order valence-electron chi connectivity index (χ0n) is 42.0. The topological polar surface area (TPSA) is 15.7 Å². The van der Waals surface area contributed by atoms with E-state index >= 15 is 0 Å². The Balaban J connectivity index is 3.88. The number of allylic oxidation sites excluding steroid dienone is 38. The van der Waals surface area contributed by atoms with Gasteiger partial charge >= 0.3 is 0 Å². The summed E-state index contributed by atoms with van der Waals surface area (Å²) in [5, 5.41) is 0. The molecule has 0 N–H and O–H groups in total. The van der Waals surface area contributed by atoms with Crippen molar-refractivity contribution in [2.75, 3.05) is 0 Å². The maximum Gasteiger partial charge on any atom is 0.119 e. The van der Waals surface area contributed by atoms with Gasteiger partial charge in [-0.25, -0.2) is 0 Å². The normalized spacial score (nSPS) is 19.6. The largest absolute Gasteiger partial charge is 0.463 e. The fraction of sp³-hybridized carbons (Fsp3) is 0.206. The lowest BCUT2D eigenvalue weighted by molar-refractivity contribution is 0.323. The van der Waals surface area contributed by atoms with Gasteiger partial charge in [0.25, 0.3) is 0 Å². The predicted octanol–water partition coefficient (Wildman–Crippen LogP) is 18.4. The number of hydrogen-bond donors (Lipinski definition) is 0.